The molecule has 6 heteroatoms. The first-order chi connectivity index (χ1) is 14.1. The maximum absolute atomic E-state index is 13.9. The highest BCUT2D eigenvalue weighted by Crippen LogP contribution is 2.42. The molecule has 0 radical (unpaired) electrons. The number of carbonyl (C=O) groups excluding carboxylic acids is 1. The van der Waals surface area contributed by atoms with Gasteiger partial charge in [0.15, 0.2) is 11.5 Å². The van der Waals surface area contributed by atoms with E-state index in [4.69, 9.17) is 14.2 Å². The van der Waals surface area contributed by atoms with Crippen LogP contribution in [-0.2, 0) is 17.7 Å². The fourth-order valence-electron chi connectivity index (χ4n) is 3.91. The third kappa shape index (κ3) is 3.24. The summed E-state index contributed by atoms with van der Waals surface area (Å²) in [5.74, 6) is 0.513. The monoisotopic (exact) mass is 395 g/mol. The zero-order valence-corrected chi connectivity index (χ0v) is 16.6. The van der Waals surface area contributed by atoms with Crippen LogP contribution in [0.1, 0.15) is 22.8 Å². The Hall–Kier alpha value is -3.28. The lowest BCUT2D eigenvalue weighted by molar-refractivity contribution is 0.0527. The molecule has 3 aromatic rings. The first-order valence-electron chi connectivity index (χ1n) is 9.49. The maximum atomic E-state index is 13.9. The fourth-order valence-corrected chi connectivity index (χ4v) is 3.91. The lowest BCUT2D eigenvalue weighted by Gasteiger charge is -2.23. The highest BCUT2D eigenvalue weighted by molar-refractivity contribution is 5.99. The van der Waals surface area contributed by atoms with Crippen molar-refractivity contribution in [2.45, 2.75) is 19.9 Å². The molecule has 0 unspecified atom stereocenters. The highest BCUT2D eigenvalue weighted by Gasteiger charge is 2.28. The van der Waals surface area contributed by atoms with Gasteiger partial charge in [-0.15, -0.1) is 0 Å². The molecule has 0 amide bonds. The number of fused-ring (bicyclic) bond motifs is 3. The number of benzene rings is 2. The van der Waals surface area contributed by atoms with E-state index in [0.29, 0.717) is 34.9 Å². The molecule has 0 saturated carbocycles. The van der Waals surface area contributed by atoms with Crippen molar-refractivity contribution in [1.82, 2.24) is 4.57 Å². The molecule has 1 aliphatic heterocycles. The zero-order chi connectivity index (χ0) is 20.5. The Balaban J connectivity index is 1.96. The van der Waals surface area contributed by atoms with E-state index in [1.807, 2.05) is 18.2 Å². The van der Waals surface area contributed by atoms with Gasteiger partial charge in [-0.3, -0.25) is 0 Å². The second kappa shape index (κ2) is 7.62. The lowest BCUT2D eigenvalue weighted by Crippen LogP contribution is -2.13. The number of hydrogen-bond acceptors (Lipinski definition) is 4. The number of ether oxygens (including phenoxy) is 3. The van der Waals surface area contributed by atoms with Crippen molar-refractivity contribution < 1.29 is 23.4 Å². The van der Waals surface area contributed by atoms with E-state index in [1.165, 1.54) is 12.1 Å². The summed E-state index contributed by atoms with van der Waals surface area (Å²) in [4.78, 5) is 12.7. The third-order valence-corrected chi connectivity index (χ3v) is 5.18. The van der Waals surface area contributed by atoms with Gasteiger partial charge < -0.3 is 18.8 Å². The molecule has 0 atom stereocenters. The van der Waals surface area contributed by atoms with E-state index in [9.17, 15) is 9.18 Å². The number of halogens is 1. The van der Waals surface area contributed by atoms with Gasteiger partial charge in [-0.05, 0) is 49.2 Å². The smallest absolute Gasteiger partial charge is 0.340 e. The summed E-state index contributed by atoms with van der Waals surface area (Å²) in [5.41, 5.74) is 4.67. The maximum Gasteiger partial charge on any atom is 0.340 e. The van der Waals surface area contributed by atoms with Crippen LogP contribution in [0.5, 0.6) is 11.5 Å². The van der Waals surface area contributed by atoms with Crippen LogP contribution in [0.4, 0.5) is 4.39 Å². The first-order valence-corrected chi connectivity index (χ1v) is 9.49. The topological polar surface area (TPSA) is 49.7 Å². The molecular formula is C23H22FNO4. The van der Waals surface area contributed by atoms with Crippen molar-refractivity contribution >= 4 is 5.97 Å². The summed E-state index contributed by atoms with van der Waals surface area (Å²) in [6.07, 6.45) is 0.752. The molecule has 1 aliphatic rings. The van der Waals surface area contributed by atoms with Gasteiger partial charge in [-0.1, -0.05) is 12.1 Å². The SMILES string of the molecule is CCOC(=O)c1cc2n(c1-c1cccc(F)c1)CCc1cc(OC)c(OC)cc1-2. The van der Waals surface area contributed by atoms with E-state index >= 15 is 0 Å². The van der Waals surface area contributed by atoms with Crippen LogP contribution in [0.2, 0.25) is 0 Å². The zero-order valence-electron chi connectivity index (χ0n) is 16.6. The minimum atomic E-state index is -0.421. The number of esters is 1. The minimum Gasteiger partial charge on any atom is -0.493 e. The van der Waals surface area contributed by atoms with E-state index in [1.54, 1.807) is 33.3 Å². The number of hydrogen-bond donors (Lipinski definition) is 0. The largest absolute Gasteiger partial charge is 0.493 e. The predicted octanol–water partition coefficient (Wildman–Crippen LogP) is 4.71. The molecule has 5 nitrogen and oxygen atoms in total. The normalized spacial score (nSPS) is 12.1. The van der Waals surface area contributed by atoms with Gasteiger partial charge >= 0.3 is 5.97 Å². The highest BCUT2D eigenvalue weighted by atomic mass is 19.1. The molecule has 0 spiro atoms. The number of methoxy groups -OCH3 is 2. The molecule has 0 aliphatic carbocycles. The molecule has 0 fully saturated rings. The summed E-state index contributed by atoms with van der Waals surface area (Å²) in [6, 6.07) is 12.0. The van der Waals surface area contributed by atoms with Gasteiger partial charge in [-0.25, -0.2) is 9.18 Å². The van der Waals surface area contributed by atoms with E-state index in [-0.39, 0.29) is 12.4 Å². The van der Waals surface area contributed by atoms with Crippen LogP contribution in [0.15, 0.2) is 42.5 Å². The van der Waals surface area contributed by atoms with Crippen LogP contribution in [-0.4, -0.2) is 31.4 Å². The predicted molar refractivity (Wildman–Crippen MR) is 108 cm³/mol. The average molecular weight is 395 g/mol. The lowest BCUT2D eigenvalue weighted by atomic mass is 9.97. The van der Waals surface area contributed by atoms with Gasteiger partial charge in [0.2, 0.25) is 0 Å². The number of aryl methyl sites for hydroxylation is 1. The van der Waals surface area contributed by atoms with Gasteiger partial charge in [-0.2, -0.15) is 0 Å². The van der Waals surface area contributed by atoms with Crippen molar-refractivity contribution in [1.29, 1.82) is 0 Å². The van der Waals surface area contributed by atoms with Crippen molar-refractivity contribution in [3.8, 4) is 34.0 Å². The standard InChI is InChI=1S/C23H22FNO4/c1-4-29-23(26)18-12-19-17-13-21(28-3)20(27-2)11-14(17)8-9-25(19)22(18)15-6-5-7-16(24)10-15/h5-7,10-13H,4,8-9H2,1-3H3. The van der Waals surface area contributed by atoms with Crippen LogP contribution in [0.3, 0.4) is 0 Å². The molecule has 4 rings (SSSR count). The molecule has 0 saturated heterocycles. The minimum absolute atomic E-state index is 0.267. The summed E-state index contributed by atoms with van der Waals surface area (Å²) in [5, 5.41) is 0. The van der Waals surface area contributed by atoms with Crippen LogP contribution < -0.4 is 9.47 Å². The fraction of sp³-hybridized carbons (Fsp3) is 0.261. The van der Waals surface area contributed by atoms with Crippen LogP contribution in [0, 0.1) is 5.82 Å². The van der Waals surface area contributed by atoms with Crippen LogP contribution in [0.25, 0.3) is 22.5 Å². The van der Waals surface area contributed by atoms with E-state index in [2.05, 4.69) is 4.57 Å². The Kier molecular flexibility index (Phi) is 5.01. The summed E-state index contributed by atoms with van der Waals surface area (Å²) < 4.78 is 32.2. The molecule has 0 bridgehead atoms. The molecule has 2 heterocycles. The van der Waals surface area contributed by atoms with E-state index < -0.39 is 5.97 Å². The molecular weight excluding hydrogens is 373 g/mol. The Morgan fingerprint density at radius 1 is 1.10 bits per heavy atom. The number of rotatable bonds is 5. The van der Waals surface area contributed by atoms with Crippen molar-refractivity contribution in [3.63, 3.8) is 0 Å². The van der Waals surface area contributed by atoms with Crippen LogP contribution >= 0.6 is 0 Å². The van der Waals surface area contributed by atoms with Gasteiger partial charge in [0.1, 0.15) is 5.82 Å². The first kappa shape index (κ1) is 19.1. The number of carbonyl (C=O) groups is 1. The van der Waals surface area contributed by atoms with Gasteiger partial charge in [0.05, 0.1) is 32.1 Å². The number of nitrogens with zero attached hydrogens (tertiary/aromatic N) is 1. The Morgan fingerprint density at radius 3 is 2.55 bits per heavy atom. The van der Waals surface area contributed by atoms with Gasteiger partial charge in [0.25, 0.3) is 0 Å². The summed E-state index contributed by atoms with van der Waals surface area (Å²) in [6.45, 7) is 2.69. The Morgan fingerprint density at radius 2 is 1.86 bits per heavy atom. The average Bonchev–Trinajstić information content (AvgIpc) is 3.13. The van der Waals surface area contributed by atoms with Crippen molar-refractivity contribution in [3.05, 3.63) is 59.4 Å². The second-order valence-corrected chi connectivity index (χ2v) is 6.79. The van der Waals surface area contributed by atoms with Crippen molar-refractivity contribution in [2.75, 3.05) is 20.8 Å². The summed E-state index contributed by atoms with van der Waals surface area (Å²) >= 11 is 0. The number of aromatic nitrogens is 1. The molecule has 1 aromatic heterocycles. The third-order valence-electron chi connectivity index (χ3n) is 5.18. The Labute approximate surface area is 168 Å². The van der Waals surface area contributed by atoms with E-state index in [0.717, 1.165) is 23.2 Å². The molecule has 0 N–H and O–H groups in total. The quantitative estimate of drug-likeness (QED) is 0.587. The van der Waals surface area contributed by atoms with Crippen molar-refractivity contribution in [2.24, 2.45) is 0 Å². The molecule has 150 valence electrons. The second-order valence-electron chi connectivity index (χ2n) is 6.79. The molecule has 2 aromatic carbocycles. The molecule has 29 heavy (non-hydrogen) atoms. The summed E-state index contributed by atoms with van der Waals surface area (Å²) in [7, 11) is 3.20. The Bertz CT molecular complexity index is 1090. The van der Waals surface area contributed by atoms with Gasteiger partial charge in [0, 0.05) is 23.4 Å².